The van der Waals surface area contributed by atoms with E-state index in [1.54, 1.807) is 11.0 Å². The molecule has 1 saturated heterocycles. The van der Waals surface area contributed by atoms with Crippen molar-refractivity contribution < 1.29 is 29.6 Å². The van der Waals surface area contributed by atoms with Crippen molar-refractivity contribution in [3.05, 3.63) is 11.6 Å². The van der Waals surface area contributed by atoms with E-state index in [1.165, 1.54) is 4.90 Å². The molecular formula is C23H39N3O6. The Morgan fingerprint density at radius 1 is 1.06 bits per heavy atom. The lowest BCUT2D eigenvalue weighted by atomic mass is 10.1. The number of allylic oxidation sites excluding steroid dienone is 1. The number of aliphatic hydroxyl groups is 3. The molecule has 9 heteroatoms. The zero-order chi connectivity index (χ0) is 24.3. The van der Waals surface area contributed by atoms with Gasteiger partial charge in [-0.05, 0) is 24.7 Å². The Hall–Kier alpha value is -1.99. The van der Waals surface area contributed by atoms with E-state index in [0.717, 1.165) is 0 Å². The highest BCUT2D eigenvalue weighted by Crippen LogP contribution is 2.12. The molecule has 182 valence electrons. The predicted molar refractivity (Wildman–Crippen MR) is 119 cm³/mol. The minimum Gasteiger partial charge on any atom is -0.388 e. The van der Waals surface area contributed by atoms with E-state index < -0.39 is 18.3 Å². The summed E-state index contributed by atoms with van der Waals surface area (Å²) in [6.45, 7) is 8.30. The molecule has 0 spiro atoms. The SMILES string of the molecule is CC(C)/C=C(\C#N)C(=O)N1CCCCOC[C@@H](O)[C@H](O)[C@@H](O)CN(C(=O)CC(C)C)CC1. The zero-order valence-electron chi connectivity index (χ0n) is 19.7. The second-order valence-electron chi connectivity index (χ2n) is 9.07. The minimum atomic E-state index is -1.47. The highest BCUT2D eigenvalue weighted by Gasteiger charge is 2.29. The average molecular weight is 454 g/mol. The van der Waals surface area contributed by atoms with Crippen molar-refractivity contribution in [1.82, 2.24) is 9.80 Å². The standard InChI is InChI=1S/C23H39N3O6/c1-16(2)11-18(13-24)23(31)25-7-5-6-10-32-15-20(28)22(30)19(27)14-26(9-8-25)21(29)12-17(3)4/h11,16-17,19-20,22,27-28,30H,5-10,12,14-15H2,1-4H3/b18-11+/t19-,20+,22+/m0/s1. The zero-order valence-corrected chi connectivity index (χ0v) is 19.7. The van der Waals surface area contributed by atoms with E-state index in [4.69, 9.17) is 4.74 Å². The molecule has 3 N–H and O–H groups in total. The first kappa shape index (κ1) is 28.0. The van der Waals surface area contributed by atoms with Gasteiger partial charge in [-0.25, -0.2) is 0 Å². The molecule has 1 fully saturated rings. The number of amides is 2. The van der Waals surface area contributed by atoms with Gasteiger partial charge in [-0.1, -0.05) is 33.8 Å². The summed E-state index contributed by atoms with van der Waals surface area (Å²) in [5.74, 6) is -0.473. The van der Waals surface area contributed by atoms with Crippen molar-refractivity contribution in [2.24, 2.45) is 11.8 Å². The van der Waals surface area contributed by atoms with Gasteiger partial charge in [-0.2, -0.15) is 5.26 Å². The van der Waals surface area contributed by atoms with Gasteiger partial charge in [-0.3, -0.25) is 9.59 Å². The van der Waals surface area contributed by atoms with Crippen LogP contribution in [0.2, 0.25) is 0 Å². The molecule has 0 aromatic rings. The van der Waals surface area contributed by atoms with Crippen LogP contribution in [0.3, 0.4) is 0 Å². The summed E-state index contributed by atoms with van der Waals surface area (Å²) < 4.78 is 5.38. The molecule has 0 aromatic heterocycles. The van der Waals surface area contributed by atoms with Crippen LogP contribution in [-0.4, -0.2) is 94.6 Å². The third kappa shape index (κ3) is 9.65. The van der Waals surface area contributed by atoms with Crippen LogP contribution in [0.5, 0.6) is 0 Å². The lowest BCUT2D eigenvalue weighted by Gasteiger charge is -2.32. The third-order valence-electron chi connectivity index (χ3n) is 5.16. The summed E-state index contributed by atoms with van der Waals surface area (Å²) in [6.07, 6.45) is -1.00. The summed E-state index contributed by atoms with van der Waals surface area (Å²) in [5.41, 5.74) is 0.0657. The van der Waals surface area contributed by atoms with Crippen LogP contribution < -0.4 is 0 Å². The van der Waals surface area contributed by atoms with Crippen LogP contribution in [0, 0.1) is 23.2 Å². The number of hydrogen-bond acceptors (Lipinski definition) is 7. The van der Waals surface area contributed by atoms with E-state index in [-0.39, 0.29) is 61.9 Å². The Morgan fingerprint density at radius 3 is 2.31 bits per heavy atom. The molecule has 1 heterocycles. The summed E-state index contributed by atoms with van der Waals surface area (Å²) in [7, 11) is 0. The number of nitrogens with zero attached hydrogens (tertiary/aromatic N) is 3. The quantitative estimate of drug-likeness (QED) is 0.421. The predicted octanol–water partition coefficient (Wildman–Crippen LogP) is 0.689. The van der Waals surface area contributed by atoms with Gasteiger partial charge >= 0.3 is 0 Å². The Balaban J connectivity index is 3.11. The first-order chi connectivity index (χ1) is 15.1. The van der Waals surface area contributed by atoms with E-state index in [2.05, 4.69) is 0 Å². The molecule has 0 radical (unpaired) electrons. The summed E-state index contributed by atoms with van der Waals surface area (Å²) in [6, 6.07) is 1.98. The Kier molecular flexibility index (Phi) is 12.5. The fourth-order valence-electron chi connectivity index (χ4n) is 3.41. The maximum absolute atomic E-state index is 13.0. The van der Waals surface area contributed by atoms with Crippen molar-refractivity contribution in [2.45, 2.75) is 65.3 Å². The highest BCUT2D eigenvalue weighted by atomic mass is 16.5. The fourth-order valence-corrected chi connectivity index (χ4v) is 3.41. The van der Waals surface area contributed by atoms with E-state index in [1.807, 2.05) is 33.8 Å². The molecule has 3 atom stereocenters. The molecule has 1 aliphatic rings. The molecule has 2 amide bonds. The first-order valence-electron chi connectivity index (χ1n) is 11.4. The molecule has 32 heavy (non-hydrogen) atoms. The van der Waals surface area contributed by atoms with Crippen LogP contribution in [-0.2, 0) is 14.3 Å². The van der Waals surface area contributed by atoms with Crippen LogP contribution in [0.25, 0.3) is 0 Å². The van der Waals surface area contributed by atoms with Gasteiger partial charge in [0.1, 0.15) is 30.0 Å². The number of carbonyl (C=O) groups is 2. The molecular weight excluding hydrogens is 414 g/mol. The lowest BCUT2D eigenvalue weighted by molar-refractivity contribution is -0.139. The molecule has 0 saturated carbocycles. The van der Waals surface area contributed by atoms with Gasteiger partial charge in [0, 0.05) is 39.2 Å². The van der Waals surface area contributed by atoms with Crippen LogP contribution in [0.1, 0.15) is 47.0 Å². The molecule has 1 rings (SSSR count). The number of hydrogen-bond donors (Lipinski definition) is 3. The number of nitriles is 1. The molecule has 9 nitrogen and oxygen atoms in total. The van der Waals surface area contributed by atoms with E-state index in [0.29, 0.717) is 26.0 Å². The minimum absolute atomic E-state index is 0.0360. The summed E-state index contributed by atoms with van der Waals surface area (Å²) in [4.78, 5) is 28.7. The normalized spacial score (nSPS) is 24.9. The van der Waals surface area contributed by atoms with Gasteiger partial charge in [0.15, 0.2) is 0 Å². The van der Waals surface area contributed by atoms with Crippen LogP contribution in [0.4, 0.5) is 0 Å². The Bertz CT molecular complexity index is 673. The summed E-state index contributed by atoms with van der Waals surface area (Å²) in [5, 5.41) is 40.2. The second-order valence-corrected chi connectivity index (χ2v) is 9.07. The van der Waals surface area contributed by atoms with Crippen molar-refractivity contribution in [1.29, 1.82) is 5.26 Å². The van der Waals surface area contributed by atoms with E-state index >= 15 is 0 Å². The summed E-state index contributed by atoms with van der Waals surface area (Å²) >= 11 is 0. The lowest BCUT2D eigenvalue weighted by Crippen LogP contribution is -2.50. The van der Waals surface area contributed by atoms with Crippen molar-refractivity contribution in [3.63, 3.8) is 0 Å². The number of rotatable bonds is 4. The van der Waals surface area contributed by atoms with Crippen molar-refractivity contribution in [2.75, 3.05) is 39.4 Å². The fraction of sp³-hybridized carbons (Fsp3) is 0.783. The van der Waals surface area contributed by atoms with Gasteiger partial charge < -0.3 is 29.9 Å². The number of carbonyl (C=O) groups excluding carboxylic acids is 2. The molecule has 0 bridgehead atoms. The van der Waals surface area contributed by atoms with Gasteiger partial charge in [0.25, 0.3) is 5.91 Å². The van der Waals surface area contributed by atoms with E-state index in [9.17, 15) is 30.2 Å². The first-order valence-corrected chi connectivity index (χ1v) is 11.4. The monoisotopic (exact) mass is 453 g/mol. The number of β-amino-alcohol motifs (C(OH)–C–C–N with tert-alkyl or cyclic N) is 1. The van der Waals surface area contributed by atoms with Crippen molar-refractivity contribution >= 4 is 11.8 Å². The van der Waals surface area contributed by atoms with Crippen LogP contribution >= 0.6 is 0 Å². The second kappa shape index (κ2) is 14.2. The van der Waals surface area contributed by atoms with Gasteiger partial charge in [-0.15, -0.1) is 0 Å². The molecule has 0 unspecified atom stereocenters. The third-order valence-corrected chi connectivity index (χ3v) is 5.16. The largest absolute Gasteiger partial charge is 0.388 e. The van der Waals surface area contributed by atoms with Gasteiger partial charge in [0.2, 0.25) is 5.91 Å². The molecule has 1 aliphatic heterocycles. The van der Waals surface area contributed by atoms with Gasteiger partial charge in [0.05, 0.1) is 6.61 Å². The highest BCUT2D eigenvalue weighted by molar-refractivity contribution is 5.97. The number of ether oxygens (including phenoxy) is 1. The topological polar surface area (TPSA) is 134 Å². The Morgan fingerprint density at radius 2 is 1.72 bits per heavy atom. The van der Waals surface area contributed by atoms with Crippen molar-refractivity contribution in [3.8, 4) is 6.07 Å². The number of aliphatic hydroxyl groups excluding tert-OH is 3. The van der Waals surface area contributed by atoms with Crippen LogP contribution in [0.15, 0.2) is 11.6 Å². The molecule has 0 aliphatic carbocycles. The molecule has 0 aromatic carbocycles. The maximum atomic E-state index is 13.0. The Labute approximate surface area is 191 Å². The maximum Gasteiger partial charge on any atom is 0.264 e. The smallest absolute Gasteiger partial charge is 0.264 e. The average Bonchev–Trinajstić information content (AvgIpc) is 2.72.